The van der Waals surface area contributed by atoms with Crippen LogP contribution >= 0.6 is 0 Å². The highest BCUT2D eigenvalue weighted by atomic mass is 19.1. The van der Waals surface area contributed by atoms with Gasteiger partial charge in [-0.3, -0.25) is 0 Å². The van der Waals surface area contributed by atoms with Crippen LogP contribution in [0, 0.1) is 12.7 Å². The maximum absolute atomic E-state index is 12.9. The Bertz CT molecular complexity index is 307. The van der Waals surface area contributed by atoms with Crippen molar-refractivity contribution in [1.82, 2.24) is 0 Å². The van der Waals surface area contributed by atoms with Crippen LogP contribution in [0.3, 0.4) is 0 Å². The lowest BCUT2D eigenvalue weighted by atomic mass is 10.0. The lowest BCUT2D eigenvalue weighted by molar-refractivity contribution is 0.615. The van der Waals surface area contributed by atoms with Gasteiger partial charge in [-0.25, -0.2) is 4.39 Å². The van der Waals surface area contributed by atoms with Gasteiger partial charge in [0.05, 0.1) is 0 Å². The topological polar surface area (TPSA) is 26.0 Å². The lowest BCUT2D eigenvalue weighted by Gasteiger charge is -2.10. The molecule has 0 spiro atoms. The van der Waals surface area contributed by atoms with Crippen molar-refractivity contribution in [3.05, 3.63) is 47.8 Å². The second-order valence-electron chi connectivity index (χ2n) is 3.14. The summed E-state index contributed by atoms with van der Waals surface area (Å²) >= 11 is 0. The Kier molecular flexibility index (Phi) is 3.20. The second-order valence-corrected chi connectivity index (χ2v) is 3.14. The summed E-state index contributed by atoms with van der Waals surface area (Å²) in [5.74, 6) is -0.186. The summed E-state index contributed by atoms with van der Waals surface area (Å²) in [4.78, 5) is 0. The number of hydrogen-bond acceptors (Lipinski definition) is 1. The van der Waals surface area contributed by atoms with Gasteiger partial charge in [0, 0.05) is 6.04 Å². The summed E-state index contributed by atoms with van der Waals surface area (Å²) in [5, 5.41) is 0. The van der Waals surface area contributed by atoms with Crippen LogP contribution in [-0.4, -0.2) is 0 Å². The predicted octanol–water partition coefficient (Wildman–Crippen LogP) is 2.71. The largest absolute Gasteiger partial charge is 0.324 e. The highest BCUT2D eigenvalue weighted by molar-refractivity contribution is 5.26. The SMILES string of the molecule is C=CC[C@@H](N)c1ccc(F)c(C)c1. The van der Waals surface area contributed by atoms with Gasteiger partial charge < -0.3 is 5.73 Å². The van der Waals surface area contributed by atoms with Gasteiger partial charge in [-0.2, -0.15) is 0 Å². The average molecular weight is 179 g/mol. The molecule has 0 amide bonds. The van der Waals surface area contributed by atoms with Crippen molar-refractivity contribution in [3.8, 4) is 0 Å². The zero-order valence-electron chi connectivity index (χ0n) is 7.76. The molecule has 2 heteroatoms. The summed E-state index contributed by atoms with van der Waals surface area (Å²) in [6.45, 7) is 5.35. The van der Waals surface area contributed by atoms with E-state index in [2.05, 4.69) is 6.58 Å². The lowest BCUT2D eigenvalue weighted by Crippen LogP contribution is -2.09. The van der Waals surface area contributed by atoms with E-state index in [4.69, 9.17) is 5.73 Å². The Morgan fingerprint density at radius 3 is 2.85 bits per heavy atom. The van der Waals surface area contributed by atoms with Crippen LogP contribution in [0.15, 0.2) is 30.9 Å². The van der Waals surface area contributed by atoms with E-state index >= 15 is 0 Å². The molecule has 1 aromatic rings. The van der Waals surface area contributed by atoms with E-state index < -0.39 is 0 Å². The van der Waals surface area contributed by atoms with Crippen LogP contribution in [0.25, 0.3) is 0 Å². The molecule has 0 aliphatic heterocycles. The van der Waals surface area contributed by atoms with Gasteiger partial charge in [-0.1, -0.05) is 18.2 Å². The van der Waals surface area contributed by atoms with Crippen molar-refractivity contribution in [2.24, 2.45) is 5.73 Å². The summed E-state index contributed by atoms with van der Waals surface area (Å²) < 4.78 is 12.9. The molecule has 1 atom stereocenters. The van der Waals surface area contributed by atoms with E-state index in [1.54, 1.807) is 25.1 Å². The first-order chi connectivity index (χ1) is 6.15. The first-order valence-corrected chi connectivity index (χ1v) is 4.27. The van der Waals surface area contributed by atoms with Crippen molar-refractivity contribution < 1.29 is 4.39 Å². The maximum Gasteiger partial charge on any atom is 0.126 e. The molecule has 13 heavy (non-hydrogen) atoms. The van der Waals surface area contributed by atoms with Crippen molar-refractivity contribution >= 4 is 0 Å². The molecular formula is C11H14FN. The minimum Gasteiger partial charge on any atom is -0.324 e. The Balaban J connectivity index is 2.89. The van der Waals surface area contributed by atoms with Gasteiger partial charge in [0.25, 0.3) is 0 Å². The third-order valence-electron chi connectivity index (χ3n) is 2.03. The Labute approximate surface area is 78.1 Å². The van der Waals surface area contributed by atoms with Crippen LogP contribution in [0.5, 0.6) is 0 Å². The van der Waals surface area contributed by atoms with E-state index in [1.165, 1.54) is 6.07 Å². The van der Waals surface area contributed by atoms with Crippen LogP contribution in [0.2, 0.25) is 0 Å². The van der Waals surface area contributed by atoms with E-state index in [9.17, 15) is 4.39 Å². The number of hydrogen-bond donors (Lipinski definition) is 1. The number of halogens is 1. The fourth-order valence-corrected chi connectivity index (χ4v) is 1.21. The molecule has 1 rings (SSSR count). The van der Waals surface area contributed by atoms with E-state index in [1.807, 2.05) is 0 Å². The molecule has 0 radical (unpaired) electrons. The summed E-state index contributed by atoms with van der Waals surface area (Å²) in [6, 6.07) is 4.88. The van der Waals surface area contributed by atoms with Crippen LogP contribution in [-0.2, 0) is 0 Å². The summed E-state index contributed by atoms with van der Waals surface area (Å²) in [5.41, 5.74) is 7.42. The highest BCUT2D eigenvalue weighted by Gasteiger charge is 2.05. The molecule has 0 aromatic heterocycles. The fraction of sp³-hybridized carbons (Fsp3) is 0.273. The molecule has 0 fully saturated rings. The third kappa shape index (κ3) is 2.39. The molecule has 2 N–H and O–H groups in total. The van der Waals surface area contributed by atoms with Crippen LogP contribution in [0.4, 0.5) is 4.39 Å². The molecular weight excluding hydrogens is 165 g/mol. The molecule has 0 unspecified atom stereocenters. The second kappa shape index (κ2) is 4.19. The monoisotopic (exact) mass is 179 g/mol. The van der Waals surface area contributed by atoms with Gasteiger partial charge in [-0.05, 0) is 30.5 Å². The standard InChI is InChI=1S/C11H14FN/c1-3-4-11(13)9-5-6-10(12)8(2)7-9/h3,5-7,11H,1,4,13H2,2H3/t11-/m1/s1. The number of nitrogens with two attached hydrogens (primary N) is 1. The Hall–Kier alpha value is -1.15. The zero-order valence-corrected chi connectivity index (χ0v) is 7.76. The molecule has 0 aliphatic carbocycles. The quantitative estimate of drug-likeness (QED) is 0.709. The first-order valence-electron chi connectivity index (χ1n) is 4.27. The van der Waals surface area contributed by atoms with Gasteiger partial charge in [0.15, 0.2) is 0 Å². The van der Waals surface area contributed by atoms with E-state index in [0.717, 1.165) is 5.56 Å². The van der Waals surface area contributed by atoms with Crippen LogP contribution in [0.1, 0.15) is 23.6 Å². The molecule has 1 aromatic carbocycles. The van der Waals surface area contributed by atoms with Crippen LogP contribution < -0.4 is 5.73 Å². The zero-order chi connectivity index (χ0) is 9.84. The fourth-order valence-electron chi connectivity index (χ4n) is 1.21. The first kappa shape index (κ1) is 9.93. The normalized spacial score (nSPS) is 12.5. The molecule has 70 valence electrons. The predicted molar refractivity (Wildman–Crippen MR) is 52.9 cm³/mol. The minimum atomic E-state index is -0.186. The van der Waals surface area contributed by atoms with Crippen molar-refractivity contribution in [2.45, 2.75) is 19.4 Å². The average Bonchev–Trinajstić information content (AvgIpc) is 2.10. The van der Waals surface area contributed by atoms with Crippen molar-refractivity contribution in [3.63, 3.8) is 0 Å². The highest BCUT2D eigenvalue weighted by Crippen LogP contribution is 2.17. The molecule has 0 aliphatic rings. The maximum atomic E-state index is 12.9. The van der Waals surface area contributed by atoms with E-state index in [0.29, 0.717) is 12.0 Å². The number of benzene rings is 1. The van der Waals surface area contributed by atoms with Gasteiger partial charge in [0.2, 0.25) is 0 Å². The molecule has 0 saturated heterocycles. The Morgan fingerprint density at radius 1 is 1.62 bits per heavy atom. The minimum absolute atomic E-state index is 0.0724. The van der Waals surface area contributed by atoms with Crippen molar-refractivity contribution in [1.29, 1.82) is 0 Å². The smallest absolute Gasteiger partial charge is 0.126 e. The summed E-state index contributed by atoms with van der Waals surface area (Å²) in [6.07, 6.45) is 2.48. The number of aryl methyl sites for hydroxylation is 1. The molecule has 0 bridgehead atoms. The van der Waals surface area contributed by atoms with Crippen molar-refractivity contribution in [2.75, 3.05) is 0 Å². The third-order valence-corrected chi connectivity index (χ3v) is 2.03. The number of rotatable bonds is 3. The Morgan fingerprint density at radius 2 is 2.31 bits per heavy atom. The van der Waals surface area contributed by atoms with Gasteiger partial charge in [-0.15, -0.1) is 6.58 Å². The summed E-state index contributed by atoms with van der Waals surface area (Å²) in [7, 11) is 0. The van der Waals surface area contributed by atoms with Gasteiger partial charge >= 0.3 is 0 Å². The van der Waals surface area contributed by atoms with E-state index in [-0.39, 0.29) is 11.9 Å². The molecule has 1 nitrogen and oxygen atoms in total. The molecule has 0 heterocycles. The van der Waals surface area contributed by atoms with Gasteiger partial charge in [0.1, 0.15) is 5.82 Å². The molecule has 0 saturated carbocycles.